The minimum absolute atomic E-state index is 0.0140. The Labute approximate surface area is 306 Å². The first-order valence-corrected chi connectivity index (χ1v) is 18.5. The Bertz CT molecular complexity index is 2130. The molecule has 3 aromatic rings. The van der Waals surface area contributed by atoms with Gasteiger partial charge in [0.15, 0.2) is 18.1 Å². The molecule has 276 valence electrons. The van der Waals surface area contributed by atoms with Crippen molar-refractivity contribution in [2.45, 2.75) is 82.6 Å². The predicted octanol–water partition coefficient (Wildman–Crippen LogP) is 6.36. The van der Waals surface area contributed by atoms with Crippen LogP contribution in [-0.4, -0.2) is 62.5 Å². The summed E-state index contributed by atoms with van der Waals surface area (Å²) in [7, 11) is 0. The van der Waals surface area contributed by atoms with Crippen molar-refractivity contribution in [1.29, 1.82) is 0 Å². The van der Waals surface area contributed by atoms with Crippen LogP contribution in [0.2, 0.25) is 0 Å². The number of aliphatic hydroxyl groups is 2. The van der Waals surface area contributed by atoms with Crippen molar-refractivity contribution in [2.24, 2.45) is 34.5 Å². The first-order valence-electron chi connectivity index (χ1n) is 18.5. The first kappa shape index (κ1) is 35.6. The maximum atomic E-state index is 17.5. The molecule has 4 saturated carbocycles. The number of hydrogen-bond acceptors (Lipinski definition) is 8. The number of alkyl halides is 1. The largest absolute Gasteiger partial charge is 0.454 e. The molecule has 0 radical (unpaired) electrons. The van der Waals surface area contributed by atoms with Crippen LogP contribution >= 0.6 is 0 Å². The molecule has 0 amide bonds. The number of Topliss-reactive ketones (excluding diaryl/α,β-unsaturated/α-hetero) is 2. The molecule has 2 aromatic carbocycles. The standard InChI is InChI=1S/C43H43F2NO7/c1-23-16-34-33-11-10-28-18-29(47)12-14-40(28,2)42(33,45)36(49)20-41(34,3)43(23,52)37(50)22-53-39(51)25-6-4-24(5-7-25)31-19-32(31)35(48)17-26-8-9-27-21-46-15-13-30(27)38(26)44/h4-9,12-15,18,21,23,31-34,36,49,52H,10-11,16-17,19-20,22H2,1-3H3/t23-,31+,32-,33+,34+,36+,40+,41+,42+,43+/m1/s1. The normalized spacial score (nSPS) is 37.0. The van der Waals surface area contributed by atoms with Crippen LogP contribution in [0.3, 0.4) is 0 Å². The van der Waals surface area contributed by atoms with E-state index in [9.17, 15) is 29.4 Å². The van der Waals surface area contributed by atoms with E-state index in [0.29, 0.717) is 47.6 Å². The Balaban J connectivity index is 0.911. The Morgan fingerprint density at radius 3 is 2.55 bits per heavy atom. The van der Waals surface area contributed by atoms with Gasteiger partial charge in [0.05, 0.1) is 11.7 Å². The van der Waals surface area contributed by atoms with Crippen molar-refractivity contribution in [1.82, 2.24) is 4.98 Å². The highest BCUT2D eigenvalue weighted by Gasteiger charge is 2.75. The number of ketones is 3. The van der Waals surface area contributed by atoms with Crippen LogP contribution in [0, 0.1) is 40.3 Å². The molecular formula is C43H43F2NO7. The second-order valence-corrected chi connectivity index (χ2v) is 16.5. The lowest BCUT2D eigenvalue weighted by atomic mass is 9.44. The minimum atomic E-state index is -2.09. The van der Waals surface area contributed by atoms with Crippen LogP contribution < -0.4 is 0 Å². The summed E-state index contributed by atoms with van der Waals surface area (Å²) in [5.41, 5.74) is -4.37. The van der Waals surface area contributed by atoms with Crippen molar-refractivity contribution < 1.29 is 42.9 Å². The van der Waals surface area contributed by atoms with Crippen LogP contribution in [0.4, 0.5) is 8.78 Å². The summed E-state index contributed by atoms with van der Waals surface area (Å²) in [5.74, 6) is -4.11. The predicted molar refractivity (Wildman–Crippen MR) is 191 cm³/mol. The minimum Gasteiger partial charge on any atom is -0.454 e. The van der Waals surface area contributed by atoms with Crippen LogP contribution in [0.25, 0.3) is 10.8 Å². The smallest absolute Gasteiger partial charge is 0.338 e. The molecular weight excluding hydrogens is 680 g/mol. The quantitative estimate of drug-likeness (QED) is 0.257. The Morgan fingerprint density at radius 1 is 1.04 bits per heavy atom. The van der Waals surface area contributed by atoms with Gasteiger partial charge in [-0.05, 0) is 98.3 Å². The van der Waals surface area contributed by atoms with Crippen LogP contribution in [0.15, 0.2) is 78.7 Å². The van der Waals surface area contributed by atoms with E-state index < -0.39 is 70.1 Å². The Kier molecular flexibility index (Phi) is 8.27. The number of halogens is 2. The van der Waals surface area contributed by atoms with Crippen molar-refractivity contribution >= 4 is 34.1 Å². The number of esters is 1. The molecule has 5 aliphatic carbocycles. The second-order valence-electron chi connectivity index (χ2n) is 16.5. The van der Waals surface area contributed by atoms with Crippen molar-refractivity contribution in [3.05, 3.63) is 101 Å². The Hall–Kier alpha value is -4.41. The van der Waals surface area contributed by atoms with Gasteiger partial charge in [0.25, 0.3) is 0 Å². The van der Waals surface area contributed by atoms with E-state index in [1.165, 1.54) is 18.3 Å². The fourth-order valence-corrected chi connectivity index (χ4v) is 10.9. The second kappa shape index (κ2) is 12.3. The molecule has 10 atom stereocenters. The summed E-state index contributed by atoms with van der Waals surface area (Å²) in [4.78, 5) is 56.2. The monoisotopic (exact) mass is 723 g/mol. The topological polar surface area (TPSA) is 131 Å². The van der Waals surface area contributed by atoms with E-state index in [1.807, 2.05) is 0 Å². The maximum absolute atomic E-state index is 17.5. The highest BCUT2D eigenvalue weighted by molar-refractivity contribution is 6.01. The zero-order chi connectivity index (χ0) is 37.7. The zero-order valence-corrected chi connectivity index (χ0v) is 30.0. The Morgan fingerprint density at radius 2 is 1.79 bits per heavy atom. The van der Waals surface area contributed by atoms with Crippen molar-refractivity contribution in [3.63, 3.8) is 0 Å². The number of nitrogens with zero attached hydrogens (tertiary/aromatic N) is 1. The molecule has 0 aliphatic heterocycles. The fraction of sp³-hybridized carbons (Fsp3) is 0.465. The summed E-state index contributed by atoms with van der Waals surface area (Å²) in [6.07, 6.45) is 7.62. The number of hydrogen-bond donors (Lipinski definition) is 2. The average molecular weight is 724 g/mol. The van der Waals surface area contributed by atoms with E-state index in [2.05, 4.69) is 4.98 Å². The number of aromatic nitrogens is 1. The van der Waals surface area contributed by atoms with Gasteiger partial charge in [0.1, 0.15) is 17.2 Å². The lowest BCUT2D eigenvalue weighted by Gasteiger charge is -2.62. The van der Waals surface area contributed by atoms with E-state index in [-0.39, 0.29) is 41.8 Å². The number of pyridine rings is 1. The lowest BCUT2D eigenvalue weighted by Crippen LogP contribution is -2.69. The third-order valence-electron chi connectivity index (χ3n) is 14.0. The van der Waals surface area contributed by atoms with Crippen molar-refractivity contribution in [3.8, 4) is 0 Å². The molecule has 5 aliphatic rings. The molecule has 8 rings (SSSR count). The lowest BCUT2D eigenvalue weighted by molar-refractivity contribution is -0.219. The van der Waals surface area contributed by atoms with E-state index in [0.717, 1.165) is 5.56 Å². The van der Waals surface area contributed by atoms with Gasteiger partial charge in [-0.3, -0.25) is 19.4 Å². The summed E-state index contributed by atoms with van der Waals surface area (Å²) in [6, 6.07) is 11.6. The van der Waals surface area contributed by atoms with E-state index in [4.69, 9.17) is 4.74 Å². The maximum Gasteiger partial charge on any atom is 0.338 e. The molecule has 4 fully saturated rings. The molecule has 2 N–H and O–H groups in total. The highest BCUT2D eigenvalue weighted by Crippen LogP contribution is 2.70. The van der Waals surface area contributed by atoms with Gasteiger partial charge in [-0.2, -0.15) is 0 Å². The molecule has 0 bridgehead atoms. The molecule has 8 nitrogen and oxygen atoms in total. The summed E-state index contributed by atoms with van der Waals surface area (Å²) < 4.78 is 38.0. The van der Waals surface area contributed by atoms with Gasteiger partial charge in [0.2, 0.25) is 5.78 Å². The van der Waals surface area contributed by atoms with Gasteiger partial charge in [-0.25, -0.2) is 13.6 Å². The van der Waals surface area contributed by atoms with Gasteiger partial charge in [-0.15, -0.1) is 0 Å². The van der Waals surface area contributed by atoms with Gasteiger partial charge in [-0.1, -0.05) is 49.8 Å². The van der Waals surface area contributed by atoms with Gasteiger partial charge >= 0.3 is 5.97 Å². The summed E-state index contributed by atoms with van der Waals surface area (Å²) in [5, 5.41) is 24.9. The molecule has 1 heterocycles. The molecule has 1 aromatic heterocycles. The highest BCUT2D eigenvalue weighted by atomic mass is 19.1. The SMILES string of the molecule is C[C@@H]1C[C@H]2[C@@H]3CCC4=CC(=O)C=C[C@]4(C)[C@@]3(F)[C@@H](O)C[C@]2(C)[C@@]1(O)C(=O)COC(=O)c1ccc([C@@H]2C[C@H]2C(=O)Cc2ccc3cnccc3c2F)cc1. The number of carbonyl (C=O) groups is 4. The number of benzene rings is 2. The number of allylic oxidation sites excluding steroid dienone is 4. The van der Waals surface area contributed by atoms with Crippen molar-refractivity contribution in [2.75, 3.05) is 6.61 Å². The number of rotatable bonds is 8. The third-order valence-corrected chi connectivity index (χ3v) is 14.0. The first-order chi connectivity index (χ1) is 25.1. The van der Waals surface area contributed by atoms with Crippen LogP contribution in [0.1, 0.15) is 80.3 Å². The summed E-state index contributed by atoms with van der Waals surface area (Å²) in [6.45, 7) is 4.51. The molecule has 0 unspecified atom stereocenters. The number of fused-ring (bicyclic) bond motifs is 6. The third kappa shape index (κ3) is 5.15. The molecule has 0 saturated heterocycles. The molecule has 10 heteroatoms. The van der Waals surface area contributed by atoms with Gasteiger partial charge in [0, 0.05) is 52.3 Å². The number of carbonyl (C=O) groups excluding carboxylic acids is 4. The van der Waals surface area contributed by atoms with Gasteiger partial charge < -0.3 is 14.9 Å². The van der Waals surface area contributed by atoms with E-state index >= 15 is 8.78 Å². The molecule has 53 heavy (non-hydrogen) atoms. The fourth-order valence-electron chi connectivity index (χ4n) is 10.9. The number of ether oxygens (including phenoxy) is 1. The zero-order valence-electron chi connectivity index (χ0n) is 30.0. The molecule has 0 spiro atoms. The van der Waals surface area contributed by atoms with E-state index in [1.54, 1.807) is 75.5 Å². The summed E-state index contributed by atoms with van der Waals surface area (Å²) >= 11 is 0. The average Bonchev–Trinajstić information content (AvgIpc) is 3.92. The number of aliphatic hydroxyl groups excluding tert-OH is 1. The van der Waals surface area contributed by atoms with Crippen LogP contribution in [0.5, 0.6) is 0 Å². The van der Waals surface area contributed by atoms with Crippen LogP contribution in [-0.2, 0) is 25.5 Å².